The Hall–Kier alpha value is -2.53. The van der Waals surface area contributed by atoms with E-state index >= 15 is 0 Å². The van der Waals surface area contributed by atoms with Gasteiger partial charge in [-0.15, -0.1) is 0 Å². The summed E-state index contributed by atoms with van der Waals surface area (Å²) in [5, 5.41) is 3.12. The van der Waals surface area contributed by atoms with Crippen molar-refractivity contribution < 1.29 is 14.3 Å². The molecule has 3 rings (SSSR count). The molecule has 0 unspecified atom stereocenters. The Labute approximate surface area is 174 Å². The molecule has 2 aromatic carbocycles. The Morgan fingerprint density at radius 1 is 1.07 bits per heavy atom. The van der Waals surface area contributed by atoms with E-state index in [2.05, 4.69) is 22.3 Å². The monoisotopic (exact) mass is 396 g/mol. The number of hydrogen-bond donors (Lipinski definition) is 1. The van der Waals surface area contributed by atoms with Crippen LogP contribution in [0, 0.1) is 6.92 Å². The highest BCUT2D eigenvalue weighted by Gasteiger charge is 2.23. The number of para-hydroxylation sites is 1. The van der Waals surface area contributed by atoms with Gasteiger partial charge in [0.15, 0.2) is 0 Å². The lowest BCUT2D eigenvalue weighted by Gasteiger charge is -2.35. The van der Waals surface area contributed by atoms with E-state index in [-0.39, 0.29) is 11.9 Å². The van der Waals surface area contributed by atoms with Gasteiger partial charge in [0.25, 0.3) is 0 Å². The van der Waals surface area contributed by atoms with E-state index in [1.807, 2.05) is 43.3 Å². The standard InChI is InChI=1S/C24H32N2O3/c1-19-8-4-5-9-23(19)29-17-14-24(27)25-18-22(26-15-6-3-7-16-26)20-10-12-21(28-2)13-11-20/h4-5,8-13,22H,3,6-7,14-18H2,1-2H3,(H,25,27)/t22-/m0/s1. The second kappa shape index (κ2) is 10.9. The maximum absolute atomic E-state index is 12.4. The summed E-state index contributed by atoms with van der Waals surface area (Å²) in [6, 6.07) is 16.2. The predicted molar refractivity (Wildman–Crippen MR) is 115 cm³/mol. The predicted octanol–water partition coefficient (Wildman–Crippen LogP) is 4.12. The molecule has 1 heterocycles. The molecule has 0 spiro atoms. The third-order valence-electron chi connectivity index (χ3n) is 5.50. The van der Waals surface area contributed by atoms with Gasteiger partial charge < -0.3 is 14.8 Å². The van der Waals surface area contributed by atoms with Gasteiger partial charge in [-0.2, -0.15) is 0 Å². The minimum Gasteiger partial charge on any atom is -0.497 e. The van der Waals surface area contributed by atoms with Gasteiger partial charge >= 0.3 is 0 Å². The minimum absolute atomic E-state index is 0.0223. The summed E-state index contributed by atoms with van der Waals surface area (Å²) in [4.78, 5) is 14.9. The van der Waals surface area contributed by atoms with Crippen molar-refractivity contribution in [2.24, 2.45) is 0 Å². The second-order valence-electron chi connectivity index (χ2n) is 7.55. The number of hydrogen-bond acceptors (Lipinski definition) is 4. The molecular formula is C24H32N2O3. The minimum atomic E-state index is 0.0223. The van der Waals surface area contributed by atoms with Crippen molar-refractivity contribution >= 4 is 5.91 Å². The molecule has 0 aromatic heterocycles. The fourth-order valence-corrected chi connectivity index (χ4v) is 3.78. The largest absolute Gasteiger partial charge is 0.497 e. The van der Waals surface area contributed by atoms with Crippen molar-refractivity contribution in [2.75, 3.05) is 33.4 Å². The summed E-state index contributed by atoms with van der Waals surface area (Å²) in [7, 11) is 1.68. The van der Waals surface area contributed by atoms with Crippen LogP contribution < -0.4 is 14.8 Å². The number of benzene rings is 2. The fraction of sp³-hybridized carbons (Fsp3) is 0.458. The van der Waals surface area contributed by atoms with Crippen molar-refractivity contribution in [3.05, 3.63) is 59.7 Å². The van der Waals surface area contributed by atoms with Crippen LogP contribution in [0.5, 0.6) is 11.5 Å². The van der Waals surface area contributed by atoms with Crippen LogP contribution in [0.4, 0.5) is 0 Å². The van der Waals surface area contributed by atoms with Gasteiger partial charge in [0.2, 0.25) is 5.91 Å². The summed E-state index contributed by atoms with van der Waals surface area (Å²) < 4.78 is 11.0. The average molecular weight is 397 g/mol. The van der Waals surface area contributed by atoms with Crippen LogP contribution in [0.25, 0.3) is 0 Å². The Morgan fingerprint density at radius 2 is 1.79 bits per heavy atom. The molecule has 5 nitrogen and oxygen atoms in total. The summed E-state index contributed by atoms with van der Waals surface area (Å²) in [5.74, 6) is 1.71. The number of methoxy groups -OCH3 is 1. The lowest BCUT2D eigenvalue weighted by Crippen LogP contribution is -2.40. The van der Waals surface area contributed by atoms with E-state index in [9.17, 15) is 4.79 Å². The molecule has 29 heavy (non-hydrogen) atoms. The Morgan fingerprint density at radius 3 is 2.48 bits per heavy atom. The van der Waals surface area contributed by atoms with Crippen LogP contribution >= 0.6 is 0 Å². The zero-order valence-electron chi connectivity index (χ0n) is 17.5. The molecule has 1 aliphatic rings. The number of nitrogens with one attached hydrogen (secondary N) is 1. The number of rotatable bonds is 9. The van der Waals surface area contributed by atoms with Crippen molar-refractivity contribution in [3.8, 4) is 11.5 Å². The van der Waals surface area contributed by atoms with Gasteiger partial charge in [0.05, 0.1) is 26.2 Å². The first kappa shape index (κ1) is 21.2. The van der Waals surface area contributed by atoms with Crippen molar-refractivity contribution in [3.63, 3.8) is 0 Å². The van der Waals surface area contributed by atoms with E-state index < -0.39 is 0 Å². The van der Waals surface area contributed by atoms with Gasteiger partial charge in [-0.05, 0) is 62.2 Å². The molecule has 1 atom stereocenters. The molecule has 0 radical (unpaired) electrons. The zero-order valence-corrected chi connectivity index (χ0v) is 17.5. The average Bonchev–Trinajstić information content (AvgIpc) is 2.76. The van der Waals surface area contributed by atoms with Gasteiger partial charge in [-0.25, -0.2) is 0 Å². The number of carbonyl (C=O) groups excluding carboxylic acids is 1. The fourth-order valence-electron chi connectivity index (χ4n) is 3.78. The number of aryl methyl sites for hydroxylation is 1. The maximum atomic E-state index is 12.4. The molecule has 1 amide bonds. The van der Waals surface area contributed by atoms with E-state index in [0.29, 0.717) is 19.6 Å². The van der Waals surface area contributed by atoms with E-state index in [1.165, 1.54) is 24.8 Å². The van der Waals surface area contributed by atoms with Crippen molar-refractivity contribution in [1.82, 2.24) is 10.2 Å². The highest BCUT2D eigenvalue weighted by atomic mass is 16.5. The maximum Gasteiger partial charge on any atom is 0.223 e. The van der Waals surface area contributed by atoms with Gasteiger partial charge in [-0.1, -0.05) is 36.8 Å². The summed E-state index contributed by atoms with van der Waals surface area (Å²) in [6.07, 6.45) is 4.06. The van der Waals surface area contributed by atoms with E-state index in [4.69, 9.17) is 9.47 Å². The van der Waals surface area contributed by atoms with Crippen LogP contribution in [-0.4, -0.2) is 44.2 Å². The lowest BCUT2D eigenvalue weighted by atomic mass is 10.0. The van der Waals surface area contributed by atoms with Crippen LogP contribution in [0.2, 0.25) is 0 Å². The molecule has 1 fully saturated rings. The summed E-state index contributed by atoms with van der Waals surface area (Å²) in [6.45, 7) is 5.14. The number of likely N-dealkylation sites (tertiary alicyclic amines) is 1. The van der Waals surface area contributed by atoms with Crippen LogP contribution in [0.3, 0.4) is 0 Å². The normalized spacial score (nSPS) is 15.5. The zero-order chi connectivity index (χ0) is 20.5. The Balaban J connectivity index is 1.54. The van der Waals surface area contributed by atoms with Crippen LogP contribution in [0.15, 0.2) is 48.5 Å². The van der Waals surface area contributed by atoms with Gasteiger partial charge in [-0.3, -0.25) is 9.69 Å². The third-order valence-corrected chi connectivity index (χ3v) is 5.50. The first-order valence-electron chi connectivity index (χ1n) is 10.5. The molecule has 0 bridgehead atoms. The molecule has 1 saturated heterocycles. The quantitative estimate of drug-likeness (QED) is 0.693. The second-order valence-corrected chi connectivity index (χ2v) is 7.55. The third kappa shape index (κ3) is 6.23. The summed E-state index contributed by atoms with van der Waals surface area (Å²) >= 11 is 0. The van der Waals surface area contributed by atoms with Crippen molar-refractivity contribution in [1.29, 1.82) is 0 Å². The first-order chi connectivity index (χ1) is 14.2. The number of ether oxygens (including phenoxy) is 2. The molecule has 0 saturated carbocycles. The highest BCUT2D eigenvalue weighted by molar-refractivity contribution is 5.76. The number of amides is 1. The summed E-state index contributed by atoms with van der Waals surface area (Å²) in [5.41, 5.74) is 2.29. The number of carbonyl (C=O) groups is 1. The molecule has 0 aliphatic carbocycles. The van der Waals surface area contributed by atoms with Crippen LogP contribution in [-0.2, 0) is 4.79 Å². The Kier molecular flexibility index (Phi) is 7.94. The molecule has 2 aromatic rings. The van der Waals surface area contributed by atoms with E-state index in [1.54, 1.807) is 7.11 Å². The molecular weight excluding hydrogens is 364 g/mol. The van der Waals surface area contributed by atoms with E-state index in [0.717, 1.165) is 30.2 Å². The lowest BCUT2D eigenvalue weighted by molar-refractivity contribution is -0.121. The molecule has 156 valence electrons. The van der Waals surface area contributed by atoms with Gasteiger partial charge in [0.1, 0.15) is 11.5 Å². The molecule has 5 heteroatoms. The van der Waals surface area contributed by atoms with Crippen LogP contribution in [0.1, 0.15) is 42.9 Å². The molecule has 1 aliphatic heterocycles. The first-order valence-corrected chi connectivity index (χ1v) is 10.5. The van der Waals surface area contributed by atoms with Gasteiger partial charge in [0, 0.05) is 6.54 Å². The molecule has 1 N–H and O–H groups in total. The van der Waals surface area contributed by atoms with Crippen molar-refractivity contribution in [2.45, 2.75) is 38.6 Å². The smallest absolute Gasteiger partial charge is 0.223 e. The number of nitrogens with zero attached hydrogens (tertiary/aromatic N) is 1. The Bertz CT molecular complexity index is 770. The number of piperidine rings is 1. The topological polar surface area (TPSA) is 50.8 Å². The highest BCUT2D eigenvalue weighted by Crippen LogP contribution is 2.26. The SMILES string of the molecule is COc1ccc([C@H](CNC(=O)CCOc2ccccc2C)N2CCCCC2)cc1.